The van der Waals surface area contributed by atoms with Crippen LogP contribution < -0.4 is 4.74 Å². The maximum atomic E-state index is 14.1. The van der Waals surface area contributed by atoms with Crippen LogP contribution in [0, 0.1) is 11.6 Å². The summed E-state index contributed by atoms with van der Waals surface area (Å²) >= 11 is 0. The fraction of sp³-hybridized carbons (Fsp3) is 0.440. The minimum atomic E-state index is -0.967. The average molecular weight is 474 g/mol. The third-order valence-corrected chi connectivity index (χ3v) is 6.70. The van der Waals surface area contributed by atoms with E-state index in [2.05, 4.69) is 0 Å². The van der Waals surface area contributed by atoms with Gasteiger partial charge in [-0.15, -0.1) is 0 Å². The topological polar surface area (TPSA) is 62.3 Å². The molecule has 0 N–H and O–H groups in total. The molecule has 2 aliphatic heterocycles. The summed E-state index contributed by atoms with van der Waals surface area (Å²) in [6, 6.07) is 10.4. The first-order valence-corrected chi connectivity index (χ1v) is 11.3. The van der Waals surface area contributed by atoms with Gasteiger partial charge in [0.1, 0.15) is 22.9 Å². The molecular weight excluding hydrogens is 444 g/mol. The van der Waals surface area contributed by atoms with Crippen LogP contribution in [0.3, 0.4) is 0 Å². The number of benzene rings is 2. The van der Waals surface area contributed by atoms with Crippen LogP contribution in [-0.4, -0.2) is 72.6 Å². The fourth-order valence-electron chi connectivity index (χ4n) is 4.84. The number of hydrogen-bond acceptors (Lipinski definition) is 5. The minimum absolute atomic E-state index is 0.151. The van der Waals surface area contributed by atoms with Crippen LogP contribution in [0.25, 0.3) is 0 Å². The molecule has 1 spiro atoms. The molecule has 2 aliphatic rings. The van der Waals surface area contributed by atoms with E-state index >= 15 is 0 Å². The lowest BCUT2D eigenvalue weighted by atomic mass is 9.85. The number of halogens is 2. The third kappa shape index (κ3) is 4.63. The standard InChI is InChI=1S/C25H29F2N3O4/c1-33-13-12-30-24(32)29(16-18-4-3-5-21(14-18)34-2)23(31)25(30)8-10-28(11-9-25)17-19-15-20(26)6-7-22(19)27/h3-7,14-15H,8-13,16-17H2,1-2H3. The highest BCUT2D eigenvalue weighted by Gasteiger charge is 2.57. The highest BCUT2D eigenvalue weighted by Crippen LogP contribution is 2.38. The Hall–Kier alpha value is -3.04. The van der Waals surface area contributed by atoms with Gasteiger partial charge in [-0.1, -0.05) is 12.1 Å². The van der Waals surface area contributed by atoms with Gasteiger partial charge in [-0.2, -0.15) is 0 Å². The fourth-order valence-corrected chi connectivity index (χ4v) is 4.84. The van der Waals surface area contributed by atoms with Crippen molar-refractivity contribution in [3.63, 3.8) is 0 Å². The number of methoxy groups -OCH3 is 2. The summed E-state index contributed by atoms with van der Waals surface area (Å²) in [4.78, 5) is 31.9. The zero-order chi connectivity index (χ0) is 24.3. The van der Waals surface area contributed by atoms with Crippen LogP contribution >= 0.6 is 0 Å². The van der Waals surface area contributed by atoms with Gasteiger partial charge < -0.3 is 14.4 Å². The lowest BCUT2D eigenvalue weighted by molar-refractivity contribution is -0.136. The van der Waals surface area contributed by atoms with E-state index in [0.717, 1.165) is 17.7 Å². The molecule has 2 aromatic rings. The molecule has 0 unspecified atom stereocenters. The molecule has 3 amide bonds. The Balaban J connectivity index is 1.52. The molecule has 2 heterocycles. The highest BCUT2D eigenvalue weighted by molar-refractivity contribution is 6.07. The second-order valence-corrected chi connectivity index (χ2v) is 8.71. The molecule has 7 nitrogen and oxygen atoms in total. The Bertz CT molecular complexity index is 1060. The molecule has 0 radical (unpaired) electrons. The molecule has 0 bridgehead atoms. The molecule has 9 heteroatoms. The number of urea groups is 1. The number of hydrogen-bond donors (Lipinski definition) is 0. The summed E-state index contributed by atoms with van der Waals surface area (Å²) in [6.07, 6.45) is 0.819. The van der Waals surface area contributed by atoms with Gasteiger partial charge in [-0.25, -0.2) is 13.6 Å². The molecule has 0 saturated carbocycles. The first-order valence-electron chi connectivity index (χ1n) is 11.3. The molecule has 0 atom stereocenters. The number of nitrogens with zero attached hydrogens (tertiary/aromatic N) is 3. The first kappa shape index (κ1) is 24.1. The molecule has 182 valence electrons. The van der Waals surface area contributed by atoms with E-state index in [1.165, 1.54) is 11.0 Å². The van der Waals surface area contributed by atoms with Crippen molar-refractivity contribution < 1.29 is 27.8 Å². The van der Waals surface area contributed by atoms with E-state index in [1.807, 2.05) is 17.0 Å². The van der Waals surface area contributed by atoms with Crippen LogP contribution in [0.1, 0.15) is 24.0 Å². The van der Waals surface area contributed by atoms with Gasteiger partial charge in [-0.3, -0.25) is 14.6 Å². The van der Waals surface area contributed by atoms with Crippen molar-refractivity contribution in [3.8, 4) is 5.75 Å². The monoisotopic (exact) mass is 473 g/mol. The maximum Gasteiger partial charge on any atom is 0.328 e. The van der Waals surface area contributed by atoms with E-state index in [9.17, 15) is 18.4 Å². The van der Waals surface area contributed by atoms with Crippen LogP contribution in [0.15, 0.2) is 42.5 Å². The number of rotatable bonds is 8. The summed E-state index contributed by atoms with van der Waals surface area (Å²) < 4.78 is 38.2. The lowest BCUT2D eigenvalue weighted by Gasteiger charge is -2.42. The van der Waals surface area contributed by atoms with Crippen LogP contribution in [-0.2, 0) is 22.6 Å². The first-order chi connectivity index (χ1) is 16.4. The van der Waals surface area contributed by atoms with Crippen molar-refractivity contribution in [1.82, 2.24) is 14.7 Å². The summed E-state index contributed by atoms with van der Waals surface area (Å²) in [6.45, 7) is 1.96. The van der Waals surface area contributed by atoms with Crippen LogP contribution in [0.4, 0.5) is 13.6 Å². The summed E-state index contributed by atoms with van der Waals surface area (Å²) in [5, 5.41) is 0. The molecule has 2 saturated heterocycles. The van der Waals surface area contributed by atoms with Crippen molar-refractivity contribution in [2.75, 3.05) is 40.5 Å². The Labute approximate surface area is 197 Å². The van der Waals surface area contributed by atoms with E-state index in [-0.39, 0.29) is 30.6 Å². The average Bonchev–Trinajstić information content (AvgIpc) is 3.02. The van der Waals surface area contributed by atoms with E-state index in [4.69, 9.17) is 9.47 Å². The largest absolute Gasteiger partial charge is 0.497 e. The molecule has 0 aromatic heterocycles. The SMILES string of the molecule is COCCN1C(=O)N(Cc2cccc(OC)c2)C(=O)C12CCN(Cc1cc(F)ccc1F)CC2. The van der Waals surface area contributed by atoms with E-state index < -0.39 is 17.2 Å². The lowest BCUT2D eigenvalue weighted by Crippen LogP contribution is -2.57. The molecule has 4 rings (SSSR count). The third-order valence-electron chi connectivity index (χ3n) is 6.70. The zero-order valence-electron chi connectivity index (χ0n) is 19.4. The second kappa shape index (κ2) is 10.1. The normalized spacial score (nSPS) is 18.2. The van der Waals surface area contributed by atoms with Gasteiger partial charge >= 0.3 is 6.03 Å². The van der Waals surface area contributed by atoms with E-state index in [0.29, 0.717) is 44.8 Å². The summed E-state index contributed by atoms with van der Waals surface area (Å²) in [5.74, 6) is -0.520. The number of piperidine rings is 1. The van der Waals surface area contributed by atoms with Crippen LogP contribution in [0.5, 0.6) is 5.75 Å². The second-order valence-electron chi connectivity index (χ2n) is 8.71. The Kier molecular flexibility index (Phi) is 7.13. The Morgan fingerprint density at radius 1 is 1.00 bits per heavy atom. The molecular formula is C25H29F2N3O4. The van der Waals surface area contributed by atoms with Crippen molar-refractivity contribution in [1.29, 1.82) is 0 Å². The van der Waals surface area contributed by atoms with Crippen LogP contribution in [0.2, 0.25) is 0 Å². The number of likely N-dealkylation sites (tertiary alicyclic amines) is 1. The predicted octanol–water partition coefficient (Wildman–Crippen LogP) is 3.42. The zero-order valence-corrected chi connectivity index (χ0v) is 19.4. The van der Waals surface area contributed by atoms with Gasteiger partial charge in [0.25, 0.3) is 5.91 Å². The quantitative estimate of drug-likeness (QED) is 0.550. The Morgan fingerprint density at radius 3 is 2.47 bits per heavy atom. The van der Waals surface area contributed by atoms with Gasteiger partial charge in [0.15, 0.2) is 0 Å². The molecule has 2 aromatic carbocycles. The number of imide groups is 1. The van der Waals surface area contributed by atoms with Crippen molar-refractivity contribution in [2.45, 2.75) is 31.5 Å². The van der Waals surface area contributed by atoms with Gasteiger partial charge in [0, 0.05) is 38.9 Å². The van der Waals surface area contributed by atoms with Gasteiger partial charge in [-0.05, 0) is 48.7 Å². The summed E-state index contributed by atoms with van der Waals surface area (Å²) in [5.41, 5.74) is 0.107. The number of ether oxygens (including phenoxy) is 2. The molecule has 2 fully saturated rings. The number of carbonyl (C=O) groups is 2. The maximum absolute atomic E-state index is 14.1. The van der Waals surface area contributed by atoms with Crippen molar-refractivity contribution in [3.05, 3.63) is 65.2 Å². The molecule has 34 heavy (non-hydrogen) atoms. The smallest absolute Gasteiger partial charge is 0.328 e. The Morgan fingerprint density at radius 2 is 1.76 bits per heavy atom. The van der Waals surface area contributed by atoms with E-state index in [1.54, 1.807) is 31.3 Å². The van der Waals surface area contributed by atoms with Crippen molar-refractivity contribution >= 4 is 11.9 Å². The predicted molar refractivity (Wildman–Crippen MR) is 121 cm³/mol. The van der Waals surface area contributed by atoms with Crippen molar-refractivity contribution in [2.24, 2.45) is 0 Å². The molecule has 0 aliphatic carbocycles. The van der Waals surface area contributed by atoms with Gasteiger partial charge in [0.2, 0.25) is 0 Å². The summed E-state index contributed by atoms with van der Waals surface area (Å²) in [7, 11) is 3.12. The highest BCUT2D eigenvalue weighted by atomic mass is 19.1. The number of carbonyl (C=O) groups excluding carboxylic acids is 2. The minimum Gasteiger partial charge on any atom is -0.497 e. The van der Waals surface area contributed by atoms with Gasteiger partial charge in [0.05, 0.1) is 20.3 Å². The number of amides is 3.